The first-order valence-electron chi connectivity index (χ1n) is 5.71. The minimum Gasteiger partial charge on any atom is -0.488 e. The van der Waals surface area contributed by atoms with Crippen molar-refractivity contribution in [3.8, 4) is 5.75 Å². The molecule has 0 fully saturated rings. The summed E-state index contributed by atoms with van der Waals surface area (Å²) in [6, 6.07) is 11.0. The van der Waals surface area contributed by atoms with Crippen molar-refractivity contribution < 1.29 is 19.4 Å². The molecule has 2 aromatic rings. The molecule has 1 heterocycles. The van der Waals surface area contributed by atoms with Crippen LogP contribution in [0.2, 0.25) is 0 Å². The van der Waals surface area contributed by atoms with E-state index in [2.05, 4.69) is 0 Å². The number of rotatable bonds is 6. The summed E-state index contributed by atoms with van der Waals surface area (Å²) in [6.45, 7) is 0.910. The minimum absolute atomic E-state index is 0.326. The van der Waals surface area contributed by atoms with Crippen LogP contribution in [0.25, 0.3) is 0 Å². The number of ether oxygens (including phenoxy) is 2. The molecular weight excluding hydrogens is 264 g/mol. The number of hydrogen-bond donors (Lipinski definition) is 1. The van der Waals surface area contributed by atoms with Gasteiger partial charge in [0.05, 0.1) is 6.61 Å². The molecule has 0 aliphatic carbocycles. The standard InChI is InChI=1S/C14H14O4S/c1-17-8-10-3-2-4-11(7-10)18-9-12-5-6-13(19-12)14(15)16/h2-7H,8-9H2,1H3,(H,15,16). The molecule has 5 heteroatoms. The van der Waals surface area contributed by atoms with E-state index in [1.54, 1.807) is 19.2 Å². The van der Waals surface area contributed by atoms with Crippen molar-refractivity contribution in [1.82, 2.24) is 0 Å². The second-order valence-electron chi connectivity index (χ2n) is 3.94. The summed E-state index contributed by atoms with van der Waals surface area (Å²) in [7, 11) is 1.65. The lowest BCUT2D eigenvalue weighted by atomic mass is 10.2. The van der Waals surface area contributed by atoms with Gasteiger partial charge < -0.3 is 14.6 Å². The third-order valence-electron chi connectivity index (χ3n) is 2.46. The maximum Gasteiger partial charge on any atom is 0.345 e. The minimum atomic E-state index is -0.904. The molecule has 0 aliphatic heterocycles. The smallest absolute Gasteiger partial charge is 0.345 e. The Kier molecular flexibility index (Phi) is 4.54. The van der Waals surface area contributed by atoms with Gasteiger partial charge in [0.1, 0.15) is 17.2 Å². The van der Waals surface area contributed by atoms with Crippen LogP contribution in [-0.2, 0) is 18.0 Å². The van der Waals surface area contributed by atoms with Crippen molar-refractivity contribution in [2.45, 2.75) is 13.2 Å². The Bertz CT molecular complexity index is 562. The summed E-state index contributed by atoms with van der Waals surface area (Å²) in [6.07, 6.45) is 0. The zero-order chi connectivity index (χ0) is 13.7. The topological polar surface area (TPSA) is 55.8 Å². The molecular formula is C14H14O4S. The molecule has 0 saturated heterocycles. The first-order chi connectivity index (χ1) is 9.19. The molecule has 0 radical (unpaired) electrons. The zero-order valence-electron chi connectivity index (χ0n) is 10.5. The predicted molar refractivity (Wildman–Crippen MR) is 72.8 cm³/mol. The molecule has 0 spiro atoms. The van der Waals surface area contributed by atoms with Gasteiger partial charge in [0.15, 0.2) is 0 Å². The Labute approximate surface area is 115 Å². The van der Waals surface area contributed by atoms with E-state index >= 15 is 0 Å². The van der Waals surface area contributed by atoms with E-state index in [0.717, 1.165) is 16.2 Å². The van der Waals surface area contributed by atoms with Crippen LogP contribution in [0.1, 0.15) is 20.1 Å². The van der Waals surface area contributed by atoms with E-state index in [4.69, 9.17) is 14.6 Å². The van der Waals surface area contributed by atoms with E-state index in [0.29, 0.717) is 18.1 Å². The number of thiophene rings is 1. The molecule has 1 aromatic carbocycles. The third kappa shape index (κ3) is 3.81. The molecule has 2 rings (SSSR count). The molecule has 1 aromatic heterocycles. The monoisotopic (exact) mass is 278 g/mol. The largest absolute Gasteiger partial charge is 0.488 e. The van der Waals surface area contributed by atoms with E-state index < -0.39 is 5.97 Å². The Morgan fingerprint density at radius 1 is 1.26 bits per heavy atom. The highest BCUT2D eigenvalue weighted by atomic mass is 32.1. The van der Waals surface area contributed by atoms with E-state index in [9.17, 15) is 4.79 Å². The zero-order valence-corrected chi connectivity index (χ0v) is 11.3. The molecule has 4 nitrogen and oxygen atoms in total. The van der Waals surface area contributed by atoms with Crippen LogP contribution in [0.15, 0.2) is 36.4 Å². The van der Waals surface area contributed by atoms with Crippen molar-refractivity contribution in [2.75, 3.05) is 7.11 Å². The van der Waals surface area contributed by atoms with Crippen molar-refractivity contribution in [1.29, 1.82) is 0 Å². The highest BCUT2D eigenvalue weighted by molar-refractivity contribution is 7.13. The number of aromatic carboxylic acids is 1. The number of carbonyl (C=O) groups is 1. The van der Waals surface area contributed by atoms with Gasteiger partial charge in [0.25, 0.3) is 0 Å². The molecule has 19 heavy (non-hydrogen) atoms. The van der Waals surface area contributed by atoms with Gasteiger partial charge in [-0.2, -0.15) is 0 Å². The average Bonchev–Trinajstić information content (AvgIpc) is 2.86. The van der Waals surface area contributed by atoms with Gasteiger partial charge >= 0.3 is 5.97 Å². The fourth-order valence-corrected chi connectivity index (χ4v) is 2.38. The van der Waals surface area contributed by atoms with Gasteiger partial charge in [-0.25, -0.2) is 4.79 Å². The van der Waals surface area contributed by atoms with Crippen LogP contribution < -0.4 is 4.74 Å². The molecule has 1 N–H and O–H groups in total. The number of methoxy groups -OCH3 is 1. The summed E-state index contributed by atoms with van der Waals surface area (Å²) in [5, 5.41) is 8.83. The lowest BCUT2D eigenvalue weighted by Crippen LogP contribution is -1.94. The number of carboxylic acids is 1. The molecule has 0 atom stereocenters. The van der Waals surface area contributed by atoms with E-state index in [1.807, 2.05) is 24.3 Å². The Balaban J connectivity index is 1.97. The van der Waals surface area contributed by atoms with E-state index in [1.165, 1.54) is 11.3 Å². The molecule has 100 valence electrons. The normalized spacial score (nSPS) is 10.4. The van der Waals surface area contributed by atoms with Gasteiger partial charge in [0.2, 0.25) is 0 Å². The quantitative estimate of drug-likeness (QED) is 0.881. The van der Waals surface area contributed by atoms with Crippen LogP contribution in [0.3, 0.4) is 0 Å². The van der Waals surface area contributed by atoms with Crippen LogP contribution in [-0.4, -0.2) is 18.2 Å². The van der Waals surface area contributed by atoms with Gasteiger partial charge in [0, 0.05) is 12.0 Å². The van der Waals surface area contributed by atoms with Gasteiger partial charge in [-0.3, -0.25) is 0 Å². The second-order valence-corrected chi connectivity index (χ2v) is 5.11. The fraction of sp³-hybridized carbons (Fsp3) is 0.214. The highest BCUT2D eigenvalue weighted by Gasteiger charge is 2.07. The Morgan fingerprint density at radius 2 is 2.11 bits per heavy atom. The SMILES string of the molecule is COCc1cccc(OCc2ccc(C(=O)O)s2)c1. The molecule has 0 saturated carbocycles. The number of carboxylic acid groups (broad SMARTS) is 1. The van der Waals surface area contributed by atoms with Crippen molar-refractivity contribution in [3.63, 3.8) is 0 Å². The average molecular weight is 278 g/mol. The van der Waals surface area contributed by atoms with Crippen LogP contribution in [0.4, 0.5) is 0 Å². The van der Waals surface area contributed by atoms with Gasteiger partial charge in [-0.05, 0) is 29.8 Å². The highest BCUT2D eigenvalue weighted by Crippen LogP contribution is 2.20. The summed E-state index contributed by atoms with van der Waals surface area (Å²) >= 11 is 1.23. The van der Waals surface area contributed by atoms with Crippen molar-refractivity contribution >= 4 is 17.3 Å². The third-order valence-corrected chi connectivity index (χ3v) is 3.51. The van der Waals surface area contributed by atoms with Gasteiger partial charge in [-0.15, -0.1) is 11.3 Å². The van der Waals surface area contributed by atoms with Crippen molar-refractivity contribution in [3.05, 3.63) is 51.7 Å². The predicted octanol–water partition coefficient (Wildman–Crippen LogP) is 3.17. The maximum absolute atomic E-state index is 10.8. The second kappa shape index (κ2) is 6.36. The maximum atomic E-state index is 10.8. The van der Waals surface area contributed by atoms with Gasteiger partial charge in [-0.1, -0.05) is 12.1 Å². The summed E-state index contributed by atoms with van der Waals surface area (Å²) in [5.41, 5.74) is 1.04. The van der Waals surface area contributed by atoms with Crippen LogP contribution >= 0.6 is 11.3 Å². The summed E-state index contributed by atoms with van der Waals surface area (Å²) < 4.78 is 10.7. The van der Waals surface area contributed by atoms with E-state index in [-0.39, 0.29) is 0 Å². The molecule has 0 amide bonds. The van der Waals surface area contributed by atoms with Crippen LogP contribution in [0.5, 0.6) is 5.75 Å². The number of benzene rings is 1. The first-order valence-corrected chi connectivity index (χ1v) is 6.53. The molecule has 0 aliphatic rings. The summed E-state index contributed by atoms with van der Waals surface area (Å²) in [4.78, 5) is 12.0. The first kappa shape index (κ1) is 13.6. The fourth-order valence-electron chi connectivity index (χ4n) is 1.62. The number of hydrogen-bond acceptors (Lipinski definition) is 4. The summed E-state index contributed by atoms with van der Waals surface area (Å²) in [5.74, 6) is -0.154. The lowest BCUT2D eigenvalue weighted by Gasteiger charge is -2.06. The molecule has 0 bridgehead atoms. The lowest BCUT2D eigenvalue weighted by molar-refractivity contribution is 0.0702. The molecule has 0 unspecified atom stereocenters. The Hall–Kier alpha value is -1.85. The Morgan fingerprint density at radius 3 is 2.79 bits per heavy atom. The van der Waals surface area contributed by atoms with Crippen LogP contribution in [0, 0.1) is 0 Å². The van der Waals surface area contributed by atoms with Crippen molar-refractivity contribution in [2.24, 2.45) is 0 Å².